The molecule has 0 heterocycles. The Morgan fingerprint density at radius 1 is 1.02 bits per heavy atom. The molecule has 3 N–H and O–H groups in total. The Balaban J connectivity index is 1.51. The van der Waals surface area contributed by atoms with E-state index in [0.717, 1.165) is 37.7 Å². The van der Waals surface area contributed by atoms with Crippen LogP contribution in [0.5, 0.6) is 0 Å². The van der Waals surface area contributed by atoms with Crippen LogP contribution in [0.25, 0.3) is 0 Å². The summed E-state index contributed by atoms with van der Waals surface area (Å²) in [5.74, 6) is -4.05. The molecule has 48 heavy (non-hydrogen) atoms. The highest BCUT2D eigenvalue weighted by molar-refractivity contribution is 6.01. The van der Waals surface area contributed by atoms with Gasteiger partial charge in [0.1, 0.15) is 5.60 Å². The number of aliphatic hydroxyl groups is 2. The van der Waals surface area contributed by atoms with Crippen LogP contribution in [0.4, 0.5) is 0 Å². The number of rotatable bonds is 17. The Hall–Kier alpha value is -2.89. The monoisotopic (exact) mass is 674 g/mol. The van der Waals surface area contributed by atoms with Crippen molar-refractivity contribution in [3.05, 3.63) is 23.8 Å². The van der Waals surface area contributed by atoms with Crippen LogP contribution in [0, 0.1) is 28.6 Å². The quantitative estimate of drug-likeness (QED) is 0.108. The summed E-state index contributed by atoms with van der Waals surface area (Å²) < 4.78 is 16.7. The van der Waals surface area contributed by atoms with E-state index in [1.165, 1.54) is 0 Å². The third-order valence-corrected chi connectivity index (χ3v) is 11.7. The van der Waals surface area contributed by atoms with Gasteiger partial charge in [-0.15, -0.1) is 0 Å². The molecule has 0 aromatic carbocycles. The zero-order valence-corrected chi connectivity index (χ0v) is 28.9. The second-order valence-electron chi connectivity index (χ2n) is 14.7. The van der Waals surface area contributed by atoms with Crippen molar-refractivity contribution in [1.82, 2.24) is 0 Å². The lowest BCUT2D eigenvalue weighted by atomic mass is 9.46. The molecule has 268 valence electrons. The summed E-state index contributed by atoms with van der Waals surface area (Å²) in [5.41, 5.74) is -1.96. The Bertz CT molecular complexity index is 1290. The van der Waals surface area contributed by atoms with Crippen molar-refractivity contribution in [3.8, 4) is 0 Å². The van der Waals surface area contributed by atoms with Gasteiger partial charge in [0.15, 0.2) is 18.7 Å². The molecule has 4 aliphatic carbocycles. The van der Waals surface area contributed by atoms with Gasteiger partial charge in [0.2, 0.25) is 11.9 Å². The number of fused-ring (bicyclic) bond motifs is 5. The van der Waals surface area contributed by atoms with Gasteiger partial charge in [-0.1, -0.05) is 65.0 Å². The van der Waals surface area contributed by atoms with Gasteiger partial charge in [-0.3, -0.25) is 19.2 Å². The fourth-order valence-electron chi connectivity index (χ4n) is 9.27. The zero-order chi connectivity index (χ0) is 35.3. The van der Waals surface area contributed by atoms with Gasteiger partial charge in [-0.05, 0) is 75.4 Å². The molecule has 3 fully saturated rings. The van der Waals surface area contributed by atoms with Gasteiger partial charge in [0.25, 0.3) is 0 Å². The van der Waals surface area contributed by atoms with Crippen molar-refractivity contribution in [1.29, 1.82) is 0 Å². The van der Waals surface area contributed by atoms with Crippen LogP contribution in [0.2, 0.25) is 0 Å². The molecule has 4 aliphatic rings. The van der Waals surface area contributed by atoms with Crippen LogP contribution in [-0.4, -0.2) is 75.5 Å². The topological polar surface area (TPSA) is 174 Å². The number of carbonyl (C=O) groups excluding carboxylic acids is 4. The van der Waals surface area contributed by atoms with Gasteiger partial charge in [0.05, 0.1) is 12.5 Å². The van der Waals surface area contributed by atoms with Gasteiger partial charge >= 0.3 is 17.9 Å². The molecule has 0 saturated heterocycles. The summed E-state index contributed by atoms with van der Waals surface area (Å²) in [6.45, 7) is 7.27. The van der Waals surface area contributed by atoms with Gasteiger partial charge in [-0.25, -0.2) is 4.79 Å². The third-order valence-electron chi connectivity index (χ3n) is 11.7. The number of unbranched alkanes of at least 4 members (excludes halogenated alkanes) is 4. The van der Waals surface area contributed by atoms with E-state index in [2.05, 4.69) is 6.92 Å². The van der Waals surface area contributed by atoms with E-state index in [1.807, 2.05) is 26.8 Å². The molecule has 9 unspecified atom stereocenters. The van der Waals surface area contributed by atoms with Crippen molar-refractivity contribution < 1.29 is 53.5 Å². The van der Waals surface area contributed by atoms with E-state index in [9.17, 15) is 39.3 Å². The van der Waals surface area contributed by atoms with Crippen LogP contribution in [0.1, 0.15) is 118 Å². The van der Waals surface area contributed by atoms with Gasteiger partial charge in [0, 0.05) is 23.2 Å². The minimum absolute atomic E-state index is 0.0142. The average Bonchev–Trinajstić information content (AvgIpc) is 3.32. The number of hydrogen-bond donors (Lipinski definition) is 3. The first-order chi connectivity index (χ1) is 22.7. The summed E-state index contributed by atoms with van der Waals surface area (Å²) >= 11 is 0. The first-order valence-electron chi connectivity index (χ1n) is 17.8. The van der Waals surface area contributed by atoms with Crippen LogP contribution < -0.4 is 0 Å². The number of carboxylic acids is 1. The van der Waals surface area contributed by atoms with Crippen molar-refractivity contribution >= 4 is 29.5 Å². The Morgan fingerprint density at radius 3 is 2.44 bits per heavy atom. The molecular formula is C37H54O11. The second kappa shape index (κ2) is 15.8. The number of Topliss-reactive ketones (excluding diaryl/α,β-unsaturated/α-hetero) is 1. The highest BCUT2D eigenvalue weighted by Gasteiger charge is 2.69. The molecule has 0 aromatic heterocycles. The summed E-state index contributed by atoms with van der Waals surface area (Å²) in [4.78, 5) is 63.2. The number of esters is 2. The summed E-state index contributed by atoms with van der Waals surface area (Å²) in [5, 5.41) is 32.4. The average molecular weight is 675 g/mol. The Labute approximate surface area is 283 Å². The van der Waals surface area contributed by atoms with Crippen LogP contribution in [-0.2, 0) is 38.2 Å². The fourth-order valence-corrected chi connectivity index (χ4v) is 9.27. The van der Waals surface area contributed by atoms with E-state index in [4.69, 9.17) is 14.2 Å². The highest BCUT2D eigenvalue weighted by Crippen LogP contribution is 2.68. The number of ketones is 2. The maximum Gasteiger partial charge on any atom is 0.345 e. The number of aliphatic carboxylic acids is 1. The second-order valence-corrected chi connectivity index (χ2v) is 14.7. The standard InChI is InChI=1S/C37H54O11/c1-5-7-9-10-12-30(41)47-28(34(44)45)20-32(43)46-22-29(40)37(48-31(42)11-8-6-2)18-16-26-25-14-13-23-19-24(38)15-17-35(23,3)33(25)27(39)21-36(26,37)4/h15,17,19,25-28,31,33,39,42H,5-14,16,18,20-22H2,1-4H3,(H,44,45). The predicted molar refractivity (Wildman–Crippen MR) is 174 cm³/mol. The lowest BCUT2D eigenvalue weighted by Gasteiger charge is -2.60. The SMILES string of the molecule is CCCCCCC(=O)OC(CC(=O)OCC(=O)C1(OC(O)CCCC)CCC2C3CCC4=CC(=O)C=CC4(C)C3C(O)CC21C)C(=O)O. The predicted octanol–water partition coefficient (Wildman–Crippen LogP) is 5.00. The number of carbonyl (C=O) groups is 5. The summed E-state index contributed by atoms with van der Waals surface area (Å²) in [6.07, 6.45) is 8.13. The molecule has 0 spiro atoms. The molecule has 11 nitrogen and oxygen atoms in total. The number of aliphatic hydroxyl groups excluding tert-OH is 2. The molecular weight excluding hydrogens is 620 g/mol. The maximum atomic E-state index is 14.2. The zero-order valence-electron chi connectivity index (χ0n) is 28.9. The minimum atomic E-state index is -1.75. The Morgan fingerprint density at radius 2 is 1.75 bits per heavy atom. The van der Waals surface area contributed by atoms with Gasteiger partial charge < -0.3 is 29.5 Å². The molecule has 3 saturated carbocycles. The minimum Gasteiger partial charge on any atom is -0.478 e. The van der Waals surface area contributed by atoms with Crippen LogP contribution in [0.15, 0.2) is 23.8 Å². The molecule has 0 amide bonds. The molecule has 0 bridgehead atoms. The Kier molecular flexibility index (Phi) is 12.5. The number of ether oxygens (including phenoxy) is 3. The highest BCUT2D eigenvalue weighted by atomic mass is 16.6. The van der Waals surface area contributed by atoms with E-state index < -0.39 is 71.6 Å². The summed E-state index contributed by atoms with van der Waals surface area (Å²) in [6, 6.07) is 0. The van der Waals surface area contributed by atoms with E-state index in [0.29, 0.717) is 32.1 Å². The van der Waals surface area contributed by atoms with Crippen LogP contribution in [0.3, 0.4) is 0 Å². The van der Waals surface area contributed by atoms with Crippen molar-refractivity contribution in [3.63, 3.8) is 0 Å². The van der Waals surface area contributed by atoms with E-state index in [-0.39, 0.29) is 42.8 Å². The fraction of sp³-hybridized carbons (Fsp3) is 0.757. The first kappa shape index (κ1) is 37.9. The molecule has 11 heteroatoms. The largest absolute Gasteiger partial charge is 0.478 e. The van der Waals surface area contributed by atoms with Crippen LogP contribution >= 0.6 is 0 Å². The molecule has 0 aliphatic heterocycles. The van der Waals surface area contributed by atoms with Gasteiger partial charge in [-0.2, -0.15) is 0 Å². The number of carboxylic acid groups (broad SMARTS) is 1. The molecule has 0 radical (unpaired) electrons. The summed E-state index contributed by atoms with van der Waals surface area (Å²) in [7, 11) is 0. The third kappa shape index (κ3) is 7.63. The molecule has 4 rings (SSSR count). The molecule has 0 aromatic rings. The maximum absolute atomic E-state index is 14.2. The number of hydrogen-bond acceptors (Lipinski definition) is 10. The smallest absolute Gasteiger partial charge is 0.345 e. The van der Waals surface area contributed by atoms with E-state index >= 15 is 0 Å². The van der Waals surface area contributed by atoms with E-state index in [1.54, 1.807) is 12.2 Å². The lowest BCUT2D eigenvalue weighted by Crippen LogP contribution is -2.63. The van der Waals surface area contributed by atoms with Crippen molar-refractivity contribution in [2.24, 2.45) is 28.6 Å². The lowest BCUT2D eigenvalue weighted by molar-refractivity contribution is -0.242. The number of allylic oxidation sites excluding steroid dienone is 4. The van der Waals surface area contributed by atoms with Crippen molar-refractivity contribution in [2.45, 2.75) is 142 Å². The first-order valence-corrected chi connectivity index (χ1v) is 17.8. The molecule has 9 atom stereocenters. The normalized spacial score (nSPS) is 33.5. The van der Waals surface area contributed by atoms with Crippen molar-refractivity contribution in [2.75, 3.05) is 6.61 Å².